The fraction of sp³-hybridized carbons (Fsp3) is 1.00. The van der Waals surface area contributed by atoms with Gasteiger partial charge in [-0.05, 0) is 57.0 Å². The van der Waals surface area contributed by atoms with Gasteiger partial charge in [0, 0.05) is 12.6 Å². The smallest absolute Gasteiger partial charge is 0.00793 e. The van der Waals surface area contributed by atoms with Crippen LogP contribution in [0.2, 0.25) is 0 Å². The number of nitrogens with two attached hydrogens (primary N) is 1. The fourth-order valence-electron chi connectivity index (χ4n) is 3.61. The van der Waals surface area contributed by atoms with Crippen molar-refractivity contribution in [1.82, 2.24) is 4.90 Å². The van der Waals surface area contributed by atoms with Crippen LogP contribution in [0.3, 0.4) is 0 Å². The molecule has 1 saturated carbocycles. The minimum atomic E-state index is 0.481. The summed E-state index contributed by atoms with van der Waals surface area (Å²) < 4.78 is 0. The summed E-state index contributed by atoms with van der Waals surface area (Å²) in [5, 5.41) is 0. The lowest BCUT2D eigenvalue weighted by Gasteiger charge is -2.33. The van der Waals surface area contributed by atoms with Gasteiger partial charge >= 0.3 is 0 Å². The van der Waals surface area contributed by atoms with Gasteiger partial charge in [-0.1, -0.05) is 26.2 Å². The first-order valence-corrected chi connectivity index (χ1v) is 7.77. The van der Waals surface area contributed by atoms with Crippen LogP contribution in [0.1, 0.15) is 58.3 Å². The molecule has 3 unspecified atom stereocenters. The van der Waals surface area contributed by atoms with Gasteiger partial charge < -0.3 is 10.6 Å². The standard InChI is InChI=1S/C15H30N2/c1-2-13-6-5-10-17(11-9-13)12-14-7-3-4-8-15(14)16/h13-15H,2-12,16H2,1H3. The van der Waals surface area contributed by atoms with Crippen LogP contribution in [0.5, 0.6) is 0 Å². The molecule has 1 aliphatic heterocycles. The third-order valence-electron chi connectivity index (χ3n) is 4.98. The maximum atomic E-state index is 6.26. The van der Waals surface area contributed by atoms with Gasteiger partial charge in [-0.2, -0.15) is 0 Å². The van der Waals surface area contributed by atoms with Crippen molar-refractivity contribution >= 4 is 0 Å². The van der Waals surface area contributed by atoms with E-state index < -0.39 is 0 Å². The normalized spacial score (nSPS) is 36.7. The average Bonchev–Trinajstić information content (AvgIpc) is 2.57. The summed E-state index contributed by atoms with van der Waals surface area (Å²) in [6, 6.07) is 0.481. The second-order valence-electron chi connectivity index (χ2n) is 6.21. The molecule has 0 aromatic carbocycles. The van der Waals surface area contributed by atoms with Crippen LogP contribution in [-0.2, 0) is 0 Å². The highest BCUT2D eigenvalue weighted by molar-refractivity contribution is 4.81. The molecular weight excluding hydrogens is 208 g/mol. The summed E-state index contributed by atoms with van der Waals surface area (Å²) in [7, 11) is 0. The maximum Gasteiger partial charge on any atom is 0.00793 e. The molecule has 2 heteroatoms. The molecule has 1 heterocycles. The highest BCUT2D eigenvalue weighted by Crippen LogP contribution is 2.26. The molecule has 2 N–H and O–H groups in total. The summed E-state index contributed by atoms with van der Waals surface area (Å²) in [6.07, 6.45) is 11.0. The van der Waals surface area contributed by atoms with E-state index in [0.717, 1.165) is 11.8 Å². The lowest BCUT2D eigenvalue weighted by Crippen LogP contribution is -2.41. The van der Waals surface area contributed by atoms with Crippen molar-refractivity contribution in [2.45, 2.75) is 64.3 Å². The Morgan fingerprint density at radius 1 is 1.00 bits per heavy atom. The summed E-state index contributed by atoms with van der Waals surface area (Å²) >= 11 is 0. The predicted molar refractivity (Wildman–Crippen MR) is 74.0 cm³/mol. The van der Waals surface area contributed by atoms with Crippen LogP contribution in [0, 0.1) is 11.8 Å². The van der Waals surface area contributed by atoms with Gasteiger partial charge in [0.15, 0.2) is 0 Å². The van der Waals surface area contributed by atoms with Crippen LogP contribution in [0.4, 0.5) is 0 Å². The zero-order valence-electron chi connectivity index (χ0n) is 11.5. The summed E-state index contributed by atoms with van der Waals surface area (Å²) in [4.78, 5) is 2.70. The molecule has 1 saturated heterocycles. The highest BCUT2D eigenvalue weighted by atomic mass is 15.1. The van der Waals surface area contributed by atoms with Gasteiger partial charge in [-0.3, -0.25) is 0 Å². The number of nitrogens with zero attached hydrogens (tertiary/aromatic N) is 1. The van der Waals surface area contributed by atoms with Crippen molar-refractivity contribution in [3.8, 4) is 0 Å². The van der Waals surface area contributed by atoms with Crippen molar-refractivity contribution in [2.75, 3.05) is 19.6 Å². The first kappa shape index (κ1) is 13.4. The van der Waals surface area contributed by atoms with Gasteiger partial charge in [0.1, 0.15) is 0 Å². The van der Waals surface area contributed by atoms with E-state index in [2.05, 4.69) is 11.8 Å². The molecule has 2 rings (SSSR count). The molecule has 0 spiro atoms. The first-order valence-electron chi connectivity index (χ1n) is 7.77. The topological polar surface area (TPSA) is 29.3 Å². The average molecular weight is 238 g/mol. The molecule has 2 aliphatic rings. The van der Waals surface area contributed by atoms with E-state index in [4.69, 9.17) is 5.73 Å². The van der Waals surface area contributed by atoms with Crippen LogP contribution in [0.25, 0.3) is 0 Å². The Morgan fingerprint density at radius 3 is 2.59 bits per heavy atom. The van der Waals surface area contributed by atoms with Crippen LogP contribution < -0.4 is 5.73 Å². The van der Waals surface area contributed by atoms with Crippen LogP contribution in [-0.4, -0.2) is 30.6 Å². The molecule has 2 fully saturated rings. The molecule has 0 aromatic heterocycles. The molecule has 17 heavy (non-hydrogen) atoms. The molecule has 3 atom stereocenters. The number of hydrogen-bond donors (Lipinski definition) is 1. The van der Waals surface area contributed by atoms with Gasteiger partial charge in [0.05, 0.1) is 0 Å². The number of likely N-dealkylation sites (tertiary alicyclic amines) is 1. The molecular formula is C15H30N2. The number of rotatable bonds is 3. The van der Waals surface area contributed by atoms with E-state index in [-0.39, 0.29) is 0 Å². The largest absolute Gasteiger partial charge is 0.327 e. The Kier molecular flexibility index (Phi) is 5.30. The van der Waals surface area contributed by atoms with Crippen molar-refractivity contribution in [2.24, 2.45) is 17.6 Å². The molecule has 1 aliphatic carbocycles. The van der Waals surface area contributed by atoms with Crippen LogP contribution in [0.15, 0.2) is 0 Å². The van der Waals surface area contributed by atoms with Gasteiger partial charge in [0.25, 0.3) is 0 Å². The second-order valence-corrected chi connectivity index (χ2v) is 6.21. The van der Waals surface area contributed by atoms with Gasteiger partial charge in [0.2, 0.25) is 0 Å². The zero-order valence-corrected chi connectivity index (χ0v) is 11.5. The van der Waals surface area contributed by atoms with Gasteiger partial charge in [-0.25, -0.2) is 0 Å². The van der Waals surface area contributed by atoms with E-state index in [1.54, 1.807) is 0 Å². The van der Waals surface area contributed by atoms with E-state index in [0.29, 0.717) is 6.04 Å². The third-order valence-corrected chi connectivity index (χ3v) is 4.98. The molecule has 0 bridgehead atoms. The Balaban J connectivity index is 1.77. The summed E-state index contributed by atoms with van der Waals surface area (Å²) in [6.45, 7) is 6.26. The van der Waals surface area contributed by atoms with E-state index >= 15 is 0 Å². The minimum Gasteiger partial charge on any atom is -0.327 e. The monoisotopic (exact) mass is 238 g/mol. The Morgan fingerprint density at radius 2 is 1.82 bits per heavy atom. The highest BCUT2D eigenvalue weighted by Gasteiger charge is 2.25. The first-order chi connectivity index (χ1) is 8.29. The van der Waals surface area contributed by atoms with Crippen LogP contribution >= 0.6 is 0 Å². The Bertz CT molecular complexity index is 217. The van der Waals surface area contributed by atoms with E-state index in [1.165, 1.54) is 71.0 Å². The molecule has 100 valence electrons. The number of hydrogen-bond acceptors (Lipinski definition) is 2. The predicted octanol–water partition coefficient (Wildman–Crippen LogP) is 3.02. The zero-order chi connectivity index (χ0) is 12.1. The van der Waals surface area contributed by atoms with Crippen molar-refractivity contribution < 1.29 is 0 Å². The molecule has 2 nitrogen and oxygen atoms in total. The molecule has 0 radical (unpaired) electrons. The summed E-state index contributed by atoms with van der Waals surface area (Å²) in [5.41, 5.74) is 6.26. The van der Waals surface area contributed by atoms with Crippen molar-refractivity contribution in [3.05, 3.63) is 0 Å². The Labute approximate surface area is 107 Å². The third kappa shape index (κ3) is 3.96. The molecule has 0 aromatic rings. The molecule has 0 amide bonds. The minimum absolute atomic E-state index is 0.481. The second kappa shape index (κ2) is 6.75. The van der Waals surface area contributed by atoms with Crippen molar-refractivity contribution in [1.29, 1.82) is 0 Å². The SMILES string of the molecule is CCC1CCCN(CC2CCCCC2N)CC1. The fourth-order valence-corrected chi connectivity index (χ4v) is 3.61. The summed E-state index contributed by atoms with van der Waals surface area (Å²) in [5.74, 6) is 1.77. The van der Waals surface area contributed by atoms with Gasteiger partial charge in [-0.15, -0.1) is 0 Å². The quantitative estimate of drug-likeness (QED) is 0.819. The lowest BCUT2D eigenvalue weighted by molar-refractivity contribution is 0.187. The Hall–Kier alpha value is -0.0800. The van der Waals surface area contributed by atoms with E-state index in [1.807, 2.05) is 0 Å². The van der Waals surface area contributed by atoms with E-state index in [9.17, 15) is 0 Å². The maximum absolute atomic E-state index is 6.26. The van der Waals surface area contributed by atoms with Crippen molar-refractivity contribution in [3.63, 3.8) is 0 Å². The lowest BCUT2D eigenvalue weighted by atomic mass is 9.84.